The summed E-state index contributed by atoms with van der Waals surface area (Å²) < 4.78 is 8.28. The molecule has 0 spiro atoms. The van der Waals surface area contributed by atoms with Crippen molar-refractivity contribution in [2.75, 3.05) is 19.7 Å². The second kappa shape index (κ2) is 7.76. The molecule has 0 radical (unpaired) electrons. The number of likely N-dealkylation sites (tertiary alicyclic amines) is 1. The molecule has 7 nitrogen and oxygen atoms in total. The Bertz CT molecular complexity index is 859. The van der Waals surface area contributed by atoms with Gasteiger partial charge in [-0.25, -0.2) is 4.79 Å². The molecular weight excluding hydrogens is 334 g/mol. The van der Waals surface area contributed by atoms with Gasteiger partial charge < -0.3 is 9.64 Å². The number of hydrogen-bond donors (Lipinski definition) is 0. The molecule has 7 heteroatoms. The first-order valence-electron chi connectivity index (χ1n) is 9.19. The van der Waals surface area contributed by atoms with Crippen molar-refractivity contribution in [2.24, 2.45) is 5.92 Å². The van der Waals surface area contributed by atoms with E-state index in [1.807, 2.05) is 31.2 Å². The van der Waals surface area contributed by atoms with E-state index >= 15 is 0 Å². The van der Waals surface area contributed by atoms with E-state index in [0.29, 0.717) is 39.1 Å². The number of esters is 1. The van der Waals surface area contributed by atoms with Gasteiger partial charge in [-0.3, -0.25) is 18.7 Å². The van der Waals surface area contributed by atoms with Gasteiger partial charge in [-0.1, -0.05) is 12.1 Å². The molecule has 1 aliphatic heterocycles. The third-order valence-electron chi connectivity index (χ3n) is 5.00. The third kappa shape index (κ3) is 3.38. The van der Waals surface area contributed by atoms with Crippen LogP contribution < -0.4 is 5.69 Å². The van der Waals surface area contributed by atoms with Crippen molar-refractivity contribution in [3.8, 4) is 0 Å². The highest BCUT2D eigenvalue weighted by atomic mass is 16.5. The number of aromatic nitrogens is 2. The fraction of sp³-hybridized carbons (Fsp3) is 0.526. The zero-order valence-corrected chi connectivity index (χ0v) is 15.3. The average Bonchev–Trinajstić information content (AvgIpc) is 2.93. The maximum atomic E-state index is 12.7. The van der Waals surface area contributed by atoms with Crippen LogP contribution in [0.3, 0.4) is 0 Å². The van der Waals surface area contributed by atoms with Crippen LogP contribution in [0.1, 0.15) is 26.7 Å². The lowest BCUT2D eigenvalue weighted by molar-refractivity contribution is -0.151. The Hall–Kier alpha value is -2.57. The summed E-state index contributed by atoms with van der Waals surface area (Å²) in [5.41, 5.74) is 1.45. The summed E-state index contributed by atoms with van der Waals surface area (Å²) in [5.74, 6) is -0.404. The van der Waals surface area contributed by atoms with Gasteiger partial charge >= 0.3 is 11.7 Å². The number of imidazole rings is 1. The fourth-order valence-electron chi connectivity index (χ4n) is 3.59. The molecule has 140 valence electrons. The van der Waals surface area contributed by atoms with Gasteiger partial charge in [0, 0.05) is 19.6 Å². The Morgan fingerprint density at radius 1 is 1.08 bits per heavy atom. The van der Waals surface area contributed by atoms with E-state index in [1.54, 1.807) is 21.0 Å². The van der Waals surface area contributed by atoms with E-state index in [9.17, 15) is 14.4 Å². The predicted octanol–water partition coefficient (Wildman–Crippen LogP) is 1.62. The number of benzene rings is 1. The molecule has 1 aromatic carbocycles. The highest BCUT2D eigenvalue weighted by molar-refractivity contribution is 5.81. The van der Waals surface area contributed by atoms with Crippen molar-refractivity contribution < 1.29 is 14.3 Å². The number of carbonyl (C=O) groups excluding carboxylic acids is 2. The standard InChI is InChI=1S/C19H25N3O4/c1-3-21-15-7-5-6-8-16(15)22(19(21)25)13-17(23)20-11-9-14(10-12-20)18(24)26-4-2/h5-8,14H,3-4,9-13H2,1-2H3. The van der Waals surface area contributed by atoms with E-state index in [1.165, 1.54) is 0 Å². The Labute approximate surface area is 152 Å². The van der Waals surface area contributed by atoms with Gasteiger partial charge in [0.1, 0.15) is 6.54 Å². The summed E-state index contributed by atoms with van der Waals surface area (Å²) >= 11 is 0. The van der Waals surface area contributed by atoms with Crippen molar-refractivity contribution in [3.63, 3.8) is 0 Å². The quantitative estimate of drug-likeness (QED) is 0.761. The maximum absolute atomic E-state index is 12.7. The molecule has 0 bridgehead atoms. The van der Waals surface area contributed by atoms with Gasteiger partial charge in [0.25, 0.3) is 0 Å². The van der Waals surface area contributed by atoms with Crippen LogP contribution in [-0.4, -0.2) is 45.6 Å². The second-order valence-corrected chi connectivity index (χ2v) is 6.51. The van der Waals surface area contributed by atoms with Crippen molar-refractivity contribution in [2.45, 2.75) is 39.8 Å². The molecule has 1 amide bonds. The third-order valence-corrected chi connectivity index (χ3v) is 5.00. The molecule has 1 aromatic heterocycles. The zero-order chi connectivity index (χ0) is 18.7. The van der Waals surface area contributed by atoms with Crippen molar-refractivity contribution in [1.29, 1.82) is 0 Å². The number of nitrogens with zero attached hydrogens (tertiary/aromatic N) is 3. The van der Waals surface area contributed by atoms with Gasteiger partial charge in [0.2, 0.25) is 5.91 Å². The molecule has 1 fully saturated rings. The van der Waals surface area contributed by atoms with E-state index in [2.05, 4.69) is 0 Å². The van der Waals surface area contributed by atoms with Gasteiger partial charge in [-0.2, -0.15) is 0 Å². The van der Waals surface area contributed by atoms with E-state index in [-0.39, 0.29) is 30.0 Å². The first-order valence-corrected chi connectivity index (χ1v) is 9.19. The summed E-state index contributed by atoms with van der Waals surface area (Å²) in [6.07, 6.45) is 1.21. The van der Waals surface area contributed by atoms with Gasteiger partial charge in [-0.05, 0) is 38.8 Å². The minimum Gasteiger partial charge on any atom is -0.466 e. The van der Waals surface area contributed by atoms with Gasteiger partial charge in [0.15, 0.2) is 0 Å². The Kier molecular flexibility index (Phi) is 5.44. The number of amides is 1. The molecule has 0 aliphatic carbocycles. The smallest absolute Gasteiger partial charge is 0.329 e. The zero-order valence-electron chi connectivity index (χ0n) is 15.3. The number of piperidine rings is 1. The molecule has 0 saturated carbocycles. The van der Waals surface area contributed by atoms with Crippen LogP contribution in [0.5, 0.6) is 0 Å². The Morgan fingerprint density at radius 3 is 2.27 bits per heavy atom. The van der Waals surface area contributed by atoms with Crippen molar-refractivity contribution in [1.82, 2.24) is 14.0 Å². The first-order chi connectivity index (χ1) is 12.6. The first kappa shape index (κ1) is 18.2. The Balaban J connectivity index is 1.72. The lowest BCUT2D eigenvalue weighted by Gasteiger charge is -2.31. The summed E-state index contributed by atoms with van der Waals surface area (Å²) in [5, 5.41) is 0. The van der Waals surface area contributed by atoms with Crippen molar-refractivity contribution in [3.05, 3.63) is 34.7 Å². The van der Waals surface area contributed by atoms with Crippen LogP contribution in [0.4, 0.5) is 0 Å². The fourth-order valence-corrected chi connectivity index (χ4v) is 3.59. The topological polar surface area (TPSA) is 73.5 Å². The van der Waals surface area contributed by atoms with Crippen LogP contribution in [0.15, 0.2) is 29.1 Å². The molecule has 1 saturated heterocycles. The number of fused-ring (bicyclic) bond motifs is 1. The second-order valence-electron chi connectivity index (χ2n) is 6.51. The molecule has 2 heterocycles. The van der Waals surface area contributed by atoms with Crippen LogP contribution in [0.2, 0.25) is 0 Å². The highest BCUT2D eigenvalue weighted by Crippen LogP contribution is 2.19. The molecular formula is C19H25N3O4. The largest absolute Gasteiger partial charge is 0.466 e. The Morgan fingerprint density at radius 2 is 1.69 bits per heavy atom. The van der Waals surface area contributed by atoms with Crippen LogP contribution in [0.25, 0.3) is 11.0 Å². The summed E-state index contributed by atoms with van der Waals surface area (Å²) in [6.45, 7) is 5.71. The predicted molar refractivity (Wildman–Crippen MR) is 97.8 cm³/mol. The lowest BCUT2D eigenvalue weighted by Crippen LogP contribution is -2.43. The van der Waals surface area contributed by atoms with Gasteiger partial charge in [-0.15, -0.1) is 0 Å². The molecule has 2 aromatic rings. The number of rotatable bonds is 5. The number of hydrogen-bond acceptors (Lipinski definition) is 4. The van der Waals surface area contributed by atoms with E-state index in [4.69, 9.17) is 4.74 Å². The summed E-state index contributed by atoms with van der Waals surface area (Å²) in [7, 11) is 0. The van der Waals surface area contributed by atoms with Crippen LogP contribution in [-0.2, 0) is 27.4 Å². The number of para-hydroxylation sites is 2. The van der Waals surface area contributed by atoms with Crippen molar-refractivity contribution >= 4 is 22.9 Å². The van der Waals surface area contributed by atoms with E-state index in [0.717, 1.165) is 11.0 Å². The minimum absolute atomic E-state index is 0.0242. The molecule has 3 rings (SSSR count). The average molecular weight is 359 g/mol. The molecule has 0 atom stereocenters. The van der Waals surface area contributed by atoms with Crippen LogP contribution >= 0.6 is 0 Å². The summed E-state index contributed by atoms with van der Waals surface area (Å²) in [4.78, 5) is 38.9. The maximum Gasteiger partial charge on any atom is 0.329 e. The molecule has 0 N–H and O–H groups in total. The van der Waals surface area contributed by atoms with Crippen LogP contribution in [0, 0.1) is 5.92 Å². The summed E-state index contributed by atoms with van der Waals surface area (Å²) in [6, 6.07) is 7.52. The molecule has 0 unspecified atom stereocenters. The SMILES string of the molecule is CCOC(=O)C1CCN(C(=O)Cn2c(=O)n(CC)c3ccccc32)CC1. The number of carbonyl (C=O) groups is 2. The lowest BCUT2D eigenvalue weighted by atomic mass is 9.97. The monoisotopic (exact) mass is 359 g/mol. The number of aryl methyl sites for hydroxylation is 1. The normalized spacial score (nSPS) is 15.4. The van der Waals surface area contributed by atoms with Gasteiger partial charge in [0.05, 0.1) is 23.6 Å². The minimum atomic E-state index is -0.179. The van der Waals surface area contributed by atoms with E-state index < -0.39 is 0 Å². The molecule has 26 heavy (non-hydrogen) atoms. The number of ether oxygens (including phenoxy) is 1. The highest BCUT2D eigenvalue weighted by Gasteiger charge is 2.28. The molecule has 1 aliphatic rings.